The van der Waals surface area contributed by atoms with E-state index < -0.39 is 0 Å². The highest BCUT2D eigenvalue weighted by atomic mass is 79.9. The molecule has 0 saturated carbocycles. The van der Waals surface area contributed by atoms with Crippen LogP contribution in [-0.4, -0.2) is 12.1 Å². The van der Waals surface area contributed by atoms with Gasteiger partial charge in [-0.3, -0.25) is 10.8 Å². The summed E-state index contributed by atoms with van der Waals surface area (Å²) in [5.41, 5.74) is 6.07. The van der Waals surface area contributed by atoms with Crippen LogP contribution < -0.4 is 16.0 Å². The second-order valence-electron chi connectivity index (χ2n) is 4.26. The van der Waals surface area contributed by atoms with Crippen LogP contribution in [0.4, 0.5) is 0 Å². The Bertz CT molecular complexity index is 574. The lowest BCUT2D eigenvalue weighted by Crippen LogP contribution is -2.29. The number of nitrogens with one attached hydrogen (secondary N) is 1. The summed E-state index contributed by atoms with van der Waals surface area (Å²) in [5, 5.41) is 0. The van der Waals surface area contributed by atoms with E-state index in [1.54, 1.807) is 19.5 Å². The normalized spacial score (nSPS) is 12.2. The van der Waals surface area contributed by atoms with Gasteiger partial charge in [-0.05, 0) is 41.8 Å². The number of ether oxygens (including phenoxy) is 1. The van der Waals surface area contributed by atoms with Gasteiger partial charge in [0.1, 0.15) is 5.75 Å². The molecule has 0 aliphatic carbocycles. The molecule has 1 unspecified atom stereocenters. The number of rotatable bonds is 4. The van der Waals surface area contributed by atoms with Gasteiger partial charge in [0.15, 0.2) is 0 Å². The first-order chi connectivity index (χ1) is 9.15. The maximum atomic E-state index is 5.70. The summed E-state index contributed by atoms with van der Waals surface area (Å²) < 4.78 is 6.25. The monoisotopic (exact) mass is 321 g/mol. The minimum Gasteiger partial charge on any atom is -0.495 e. The highest BCUT2D eigenvalue weighted by Crippen LogP contribution is 2.27. The van der Waals surface area contributed by atoms with Gasteiger partial charge >= 0.3 is 0 Å². The largest absolute Gasteiger partial charge is 0.495 e. The van der Waals surface area contributed by atoms with Gasteiger partial charge in [0.05, 0.1) is 19.3 Å². The Morgan fingerprint density at radius 1 is 1.32 bits per heavy atom. The molecular formula is C14H16BrN3O. The quantitative estimate of drug-likeness (QED) is 0.671. The molecule has 100 valence electrons. The molecule has 2 rings (SSSR count). The van der Waals surface area contributed by atoms with E-state index in [1.807, 2.05) is 18.2 Å². The second-order valence-corrected chi connectivity index (χ2v) is 5.17. The minimum absolute atomic E-state index is 0.115. The summed E-state index contributed by atoms with van der Waals surface area (Å²) >= 11 is 3.46. The van der Waals surface area contributed by atoms with Crippen LogP contribution in [0.25, 0.3) is 0 Å². The van der Waals surface area contributed by atoms with Gasteiger partial charge in [-0.2, -0.15) is 0 Å². The Labute approximate surface area is 121 Å². The van der Waals surface area contributed by atoms with Crippen molar-refractivity contribution < 1.29 is 4.74 Å². The number of benzene rings is 1. The highest BCUT2D eigenvalue weighted by Gasteiger charge is 2.15. The lowest BCUT2D eigenvalue weighted by molar-refractivity contribution is 0.411. The van der Waals surface area contributed by atoms with Crippen LogP contribution >= 0.6 is 15.9 Å². The van der Waals surface area contributed by atoms with Crippen molar-refractivity contribution in [3.63, 3.8) is 0 Å². The van der Waals surface area contributed by atoms with Crippen molar-refractivity contribution in [1.29, 1.82) is 0 Å². The Morgan fingerprint density at radius 3 is 2.74 bits per heavy atom. The average molecular weight is 322 g/mol. The molecule has 0 radical (unpaired) electrons. The number of aryl methyl sites for hydroxylation is 1. The molecule has 3 N–H and O–H groups in total. The standard InChI is InChI=1S/C14H16BrN3O/c1-9-5-11(15)3-4-13(9)14(18-16)10-6-12(19-2)8-17-7-10/h3-8,14,18H,16H2,1-2H3. The summed E-state index contributed by atoms with van der Waals surface area (Å²) in [6.45, 7) is 2.05. The minimum atomic E-state index is -0.115. The predicted molar refractivity (Wildman–Crippen MR) is 78.8 cm³/mol. The molecule has 1 heterocycles. The highest BCUT2D eigenvalue weighted by molar-refractivity contribution is 9.10. The van der Waals surface area contributed by atoms with Gasteiger partial charge < -0.3 is 4.74 Å². The molecule has 19 heavy (non-hydrogen) atoms. The Morgan fingerprint density at radius 2 is 2.11 bits per heavy atom. The van der Waals surface area contributed by atoms with Crippen LogP contribution in [0.2, 0.25) is 0 Å². The maximum Gasteiger partial charge on any atom is 0.137 e. The van der Waals surface area contributed by atoms with E-state index in [4.69, 9.17) is 10.6 Å². The lowest BCUT2D eigenvalue weighted by atomic mass is 9.96. The first-order valence-corrected chi connectivity index (χ1v) is 6.66. The number of methoxy groups -OCH3 is 1. The number of pyridine rings is 1. The summed E-state index contributed by atoms with van der Waals surface area (Å²) in [7, 11) is 1.62. The molecule has 0 aliphatic heterocycles. The summed E-state index contributed by atoms with van der Waals surface area (Å²) in [6, 6.07) is 7.92. The Kier molecular flexibility index (Phi) is 4.52. The van der Waals surface area contributed by atoms with E-state index in [9.17, 15) is 0 Å². The van der Waals surface area contributed by atoms with Crippen LogP contribution in [0.5, 0.6) is 5.75 Å². The van der Waals surface area contributed by atoms with E-state index in [1.165, 1.54) is 0 Å². The van der Waals surface area contributed by atoms with Gasteiger partial charge in [0.25, 0.3) is 0 Å². The van der Waals surface area contributed by atoms with Crippen LogP contribution in [-0.2, 0) is 0 Å². The molecule has 2 aromatic rings. The molecule has 0 aliphatic rings. The number of hydrogen-bond donors (Lipinski definition) is 2. The first-order valence-electron chi connectivity index (χ1n) is 5.87. The second kappa shape index (κ2) is 6.14. The fourth-order valence-electron chi connectivity index (χ4n) is 2.03. The van der Waals surface area contributed by atoms with Crippen molar-refractivity contribution in [1.82, 2.24) is 10.4 Å². The van der Waals surface area contributed by atoms with E-state index in [0.717, 1.165) is 21.2 Å². The lowest BCUT2D eigenvalue weighted by Gasteiger charge is -2.19. The van der Waals surface area contributed by atoms with Crippen LogP contribution in [0, 0.1) is 6.92 Å². The molecule has 0 bridgehead atoms. The fourth-order valence-corrected chi connectivity index (χ4v) is 2.51. The molecule has 0 amide bonds. The maximum absolute atomic E-state index is 5.70. The van der Waals surface area contributed by atoms with Crippen LogP contribution in [0.1, 0.15) is 22.7 Å². The number of hydrogen-bond acceptors (Lipinski definition) is 4. The zero-order valence-corrected chi connectivity index (χ0v) is 12.4. The molecule has 1 atom stereocenters. The Hall–Kier alpha value is -1.43. The van der Waals surface area contributed by atoms with E-state index in [-0.39, 0.29) is 6.04 Å². The molecular weight excluding hydrogens is 306 g/mol. The third-order valence-corrected chi connectivity index (χ3v) is 3.51. The average Bonchev–Trinajstić information content (AvgIpc) is 2.42. The molecule has 5 heteroatoms. The summed E-state index contributed by atoms with van der Waals surface area (Å²) in [6.07, 6.45) is 3.46. The van der Waals surface area contributed by atoms with Crippen molar-refractivity contribution in [3.05, 3.63) is 57.8 Å². The van der Waals surface area contributed by atoms with Crippen LogP contribution in [0.15, 0.2) is 41.1 Å². The molecule has 0 fully saturated rings. The molecule has 0 saturated heterocycles. The number of hydrazine groups is 1. The van der Waals surface area contributed by atoms with Gasteiger partial charge in [0.2, 0.25) is 0 Å². The number of nitrogens with two attached hydrogens (primary N) is 1. The van der Waals surface area contributed by atoms with Gasteiger partial charge in [-0.1, -0.05) is 22.0 Å². The van der Waals surface area contributed by atoms with Crippen molar-refractivity contribution in [2.24, 2.45) is 5.84 Å². The van der Waals surface area contributed by atoms with E-state index in [0.29, 0.717) is 5.75 Å². The van der Waals surface area contributed by atoms with Crippen molar-refractivity contribution in [3.8, 4) is 5.75 Å². The number of halogens is 1. The predicted octanol–water partition coefficient (Wildman–Crippen LogP) is 2.71. The number of aromatic nitrogens is 1. The smallest absolute Gasteiger partial charge is 0.137 e. The summed E-state index contributed by atoms with van der Waals surface area (Å²) in [5.74, 6) is 6.42. The SMILES string of the molecule is COc1cncc(C(NN)c2ccc(Br)cc2C)c1. The molecule has 1 aromatic carbocycles. The third kappa shape index (κ3) is 3.12. The third-order valence-electron chi connectivity index (χ3n) is 3.01. The first kappa shape index (κ1) is 14.0. The van der Waals surface area contributed by atoms with Crippen molar-refractivity contribution in [2.75, 3.05) is 7.11 Å². The van der Waals surface area contributed by atoms with Crippen molar-refractivity contribution in [2.45, 2.75) is 13.0 Å². The molecule has 0 spiro atoms. The molecule has 4 nitrogen and oxygen atoms in total. The molecule has 1 aromatic heterocycles. The zero-order valence-electron chi connectivity index (χ0n) is 10.9. The van der Waals surface area contributed by atoms with E-state index >= 15 is 0 Å². The zero-order chi connectivity index (χ0) is 13.8. The Balaban J connectivity index is 2.43. The fraction of sp³-hybridized carbons (Fsp3) is 0.214. The topological polar surface area (TPSA) is 60.2 Å². The van der Waals surface area contributed by atoms with Crippen LogP contribution in [0.3, 0.4) is 0 Å². The summed E-state index contributed by atoms with van der Waals surface area (Å²) in [4.78, 5) is 4.17. The van der Waals surface area contributed by atoms with Gasteiger partial charge in [-0.15, -0.1) is 0 Å². The van der Waals surface area contributed by atoms with Gasteiger partial charge in [0, 0.05) is 10.7 Å². The van der Waals surface area contributed by atoms with E-state index in [2.05, 4.69) is 39.3 Å². The van der Waals surface area contributed by atoms with Gasteiger partial charge in [-0.25, -0.2) is 5.43 Å². The number of nitrogens with zero attached hydrogens (tertiary/aromatic N) is 1. The van der Waals surface area contributed by atoms with Crippen molar-refractivity contribution >= 4 is 15.9 Å².